The second kappa shape index (κ2) is 6.10. The third kappa shape index (κ3) is 2.67. The van der Waals surface area contributed by atoms with Crippen LogP contribution >= 0.6 is 19.3 Å². The number of urea groups is 1. The predicted molar refractivity (Wildman–Crippen MR) is 82.4 cm³/mol. The van der Waals surface area contributed by atoms with Crippen LogP contribution in [0.5, 0.6) is 5.75 Å². The maximum atomic E-state index is 13.2. The molecule has 1 fully saturated rings. The summed E-state index contributed by atoms with van der Waals surface area (Å²) in [5, 5.41) is 0. The van der Waals surface area contributed by atoms with Crippen molar-refractivity contribution in [1.29, 1.82) is 0 Å². The third-order valence-electron chi connectivity index (χ3n) is 3.38. The van der Waals surface area contributed by atoms with Crippen LogP contribution in [0.2, 0.25) is 0 Å². The average molecular weight is 314 g/mol. The quantitative estimate of drug-likeness (QED) is 0.782. The molecule has 2 unspecified atom stereocenters. The van der Waals surface area contributed by atoms with Gasteiger partial charge in [-0.05, 0) is 30.6 Å². The van der Waals surface area contributed by atoms with Gasteiger partial charge < -0.3 is 9.42 Å². The van der Waals surface area contributed by atoms with Crippen LogP contribution in [-0.2, 0) is 4.57 Å². The lowest BCUT2D eigenvalue weighted by molar-refractivity contribution is 0.201. The zero-order valence-corrected chi connectivity index (χ0v) is 13.6. The molecule has 0 aliphatic carbocycles. The first-order valence-corrected chi connectivity index (χ1v) is 9.39. The number of rotatable bonds is 5. The first-order valence-electron chi connectivity index (χ1n) is 6.35. The fraction of sp³-hybridized carbons (Fsp3) is 0.462. The first kappa shape index (κ1) is 15.3. The Balaban J connectivity index is 2.28. The molecule has 110 valence electrons. The predicted octanol–water partition coefficient (Wildman–Crippen LogP) is 3.33. The van der Waals surface area contributed by atoms with E-state index in [9.17, 15) is 9.36 Å². The summed E-state index contributed by atoms with van der Waals surface area (Å²) in [6, 6.07) is 8.75. The minimum Gasteiger partial charge on any atom is -0.427 e. The van der Waals surface area contributed by atoms with Gasteiger partial charge in [0.25, 0.3) is 0 Å². The molecule has 1 aliphatic rings. The summed E-state index contributed by atoms with van der Waals surface area (Å²) in [5.74, 6) is 0.964. The molecular formula is C13H19N2O3PS. The van der Waals surface area contributed by atoms with E-state index in [4.69, 9.17) is 4.52 Å². The Morgan fingerprint density at radius 1 is 1.30 bits per heavy atom. The largest absolute Gasteiger partial charge is 0.427 e. The van der Waals surface area contributed by atoms with Gasteiger partial charge in [-0.3, -0.25) is 4.57 Å². The van der Waals surface area contributed by atoms with Crippen LogP contribution in [0.3, 0.4) is 0 Å². The number of hydrogen-bond acceptors (Lipinski definition) is 4. The van der Waals surface area contributed by atoms with Crippen LogP contribution < -0.4 is 4.52 Å². The average Bonchev–Trinajstić information content (AvgIpc) is 2.60. The molecule has 2 rings (SSSR count). The highest BCUT2D eigenvalue weighted by Crippen LogP contribution is 2.60. The number of carbonyl (C=O) groups is 1. The standard InChI is InChI=1S/C13H19N2O3PS/c1-14-12(9-10-20-3)19(17,15(2)13(14)16)18-11-7-5-4-6-8-11/h4-8,12H,9-10H2,1-3H3. The molecule has 0 spiro atoms. The van der Waals surface area contributed by atoms with Gasteiger partial charge in [0.15, 0.2) is 0 Å². The van der Waals surface area contributed by atoms with Gasteiger partial charge in [0.1, 0.15) is 11.5 Å². The molecule has 1 heterocycles. The van der Waals surface area contributed by atoms with Gasteiger partial charge in [-0.2, -0.15) is 11.8 Å². The Morgan fingerprint density at radius 3 is 2.55 bits per heavy atom. The SMILES string of the molecule is CSCCC1N(C)C(=O)N(C)P1(=O)Oc1ccccc1. The molecular weight excluding hydrogens is 295 g/mol. The number of thioether (sulfide) groups is 1. The Hall–Kier alpha value is -1.13. The monoisotopic (exact) mass is 314 g/mol. The van der Waals surface area contributed by atoms with E-state index >= 15 is 0 Å². The summed E-state index contributed by atoms with van der Waals surface area (Å²) in [5.41, 5.74) is 0. The lowest BCUT2D eigenvalue weighted by Crippen LogP contribution is -2.30. The van der Waals surface area contributed by atoms with E-state index < -0.39 is 13.3 Å². The highest BCUT2D eigenvalue weighted by atomic mass is 32.2. The van der Waals surface area contributed by atoms with Gasteiger partial charge in [-0.15, -0.1) is 0 Å². The van der Waals surface area contributed by atoms with Crippen LogP contribution in [-0.4, -0.2) is 47.5 Å². The zero-order valence-electron chi connectivity index (χ0n) is 11.9. The molecule has 0 bridgehead atoms. The molecule has 0 N–H and O–H groups in total. The Labute approximate surface area is 123 Å². The molecule has 7 heteroatoms. The third-order valence-corrected chi connectivity index (χ3v) is 6.86. The number of benzene rings is 1. The molecule has 1 aromatic carbocycles. The molecule has 0 radical (unpaired) electrons. The molecule has 1 aromatic rings. The van der Waals surface area contributed by atoms with Gasteiger partial charge in [0.2, 0.25) is 0 Å². The van der Waals surface area contributed by atoms with E-state index in [1.54, 1.807) is 38.0 Å². The topological polar surface area (TPSA) is 49.9 Å². The maximum Gasteiger partial charge on any atom is 0.369 e. The van der Waals surface area contributed by atoms with Crippen LogP contribution in [0.25, 0.3) is 0 Å². The fourth-order valence-corrected chi connectivity index (χ4v) is 5.30. The van der Waals surface area contributed by atoms with Crippen LogP contribution in [0.1, 0.15) is 6.42 Å². The first-order chi connectivity index (χ1) is 9.50. The number of carbonyl (C=O) groups excluding carboxylic acids is 1. The molecule has 0 saturated carbocycles. The molecule has 2 amide bonds. The van der Waals surface area contributed by atoms with E-state index in [1.165, 1.54) is 9.57 Å². The number of para-hydroxylation sites is 1. The van der Waals surface area contributed by atoms with Crippen molar-refractivity contribution in [2.75, 3.05) is 26.1 Å². The Bertz CT molecular complexity index is 526. The van der Waals surface area contributed by atoms with E-state index in [0.717, 1.165) is 5.75 Å². The summed E-state index contributed by atoms with van der Waals surface area (Å²) >= 11 is 1.67. The van der Waals surface area contributed by atoms with Gasteiger partial charge in [0, 0.05) is 14.1 Å². The minimum atomic E-state index is -3.24. The molecule has 0 aromatic heterocycles. The minimum absolute atomic E-state index is 0.254. The van der Waals surface area contributed by atoms with Crippen LogP contribution in [0, 0.1) is 0 Å². The summed E-state index contributed by atoms with van der Waals surface area (Å²) in [4.78, 5) is 13.6. The summed E-state index contributed by atoms with van der Waals surface area (Å²) in [7, 11) is -0.0170. The number of amides is 2. The van der Waals surface area contributed by atoms with Crippen molar-refractivity contribution in [2.45, 2.75) is 12.2 Å². The summed E-state index contributed by atoms with van der Waals surface area (Å²) < 4.78 is 20.2. The van der Waals surface area contributed by atoms with Crippen molar-refractivity contribution in [1.82, 2.24) is 9.57 Å². The smallest absolute Gasteiger partial charge is 0.369 e. The van der Waals surface area contributed by atoms with Crippen molar-refractivity contribution in [2.24, 2.45) is 0 Å². The fourth-order valence-electron chi connectivity index (χ4n) is 2.23. The van der Waals surface area contributed by atoms with Gasteiger partial charge in [0.05, 0.1) is 0 Å². The highest BCUT2D eigenvalue weighted by molar-refractivity contribution is 7.98. The van der Waals surface area contributed by atoms with E-state index in [2.05, 4.69) is 0 Å². The van der Waals surface area contributed by atoms with Gasteiger partial charge in [-0.25, -0.2) is 9.46 Å². The normalized spacial score (nSPS) is 26.1. The lowest BCUT2D eigenvalue weighted by Gasteiger charge is -2.25. The Morgan fingerprint density at radius 2 is 1.95 bits per heavy atom. The summed E-state index contributed by atoms with van der Waals surface area (Å²) in [6.45, 7) is 0. The van der Waals surface area contributed by atoms with Crippen molar-refractivity contribution in [3.63, 3.8) is 0 Å². The molecule has 20 heavy (non-hydrogen) atoms. The Kier molecular flexibility index (Phi) is 4.66. The van der Waals surface area contributed by atoms with Crippen LogP contribution in [0.4, 0.5) is 4.79 Å². The van der Waals surface area contributed by atoms with Crippen molar-refractivity contribution >= 4 is 25.3 Å². The van der Waals surface area contributed by atoms with Gasteiger partial charge in [-0.1, -0.05) is 18.2 Å². The van der Waals surface area contributed by atoms with E-state index in [-0.39, 0.29) is 6.03 Å². The number of nitrogens with zero attached hydrogens (tertiary/aromatic N) is 2. The van der Waals surface area contributed by atoms with Gasteiger partial charge >= 0.3 is 13.6 Å². The molecule has 1 saturated heterocycles. The zero-order chi connectivity index (χ0) is 14.8. The van der Waals surface area contributed by atoms with Crippen molar-refractivity contribution in [3.05, 3.63) is 30.3 Å². The second-order valence-electron chi connectivity index (χ2n) is 4.65. The molecule has 2 atom stereocenters. The maximum absolute atomic E-state index is 13.2. The van der Waals surface area contributed by atoms with E-state index in [1.807, 2.05) is 24.5 Å². The van der Waals surface area contributed by atoms with E-state index in [0.29, 0.717) is 12.2 Å². The molecule has 5 nitrogen and oxygen atoms in total. The highest BCUT2D eigenvalue weighted by Gasteiger charge is 2.53. The summed E-state index contributed by atoms with van der Waals surface area (Å²) in [6.07, 6.45) is 2.64. The number of hydrogen-bond donors (Lipinski definition) is 0. The lowest BCUT2D eigenvalue weighted by atomic mass is 10.3. The van der Waals surface area contributed by atoms with Crippen molar-refractivity contribution < 1.29 is 13.9 Å². The van der Waals surface area contributed by atoms with Crippen LogP contribution in [0.15, 0.2) is 30.3 Å². The second-order valence-corrected chi connectivity index (χ2v) is 8.14. The van der Waals surface area contributed by atoms with Crippen molar-refractivity contribution in [3.8, 4) is 5.75 Å². The molecule has 1 aliphatic heterocycles.